The molecule has 0 aromatic heterocycles. The minimum atomic E-state index is -0.548. The SMILES string of the molecule is Cc1cc(Br)cc(C=O)c1OCc1ccc(Cl)c([N+](=O)[O-])c1. The number of ether oxygens (including phenoxy) is 1. The quantitative estimate of drug-likeness (QED) is 0.425. The lowest BCUT2D eigenvalue weighted by molar-refractivity contribution is -0.384. The normalized spacial score (nSPS) is 10.3. The van der Waals surface area contributed by atoms with E-state index < -0.39 is 4.92 Å². The number of nitrogens with zero attached hydrogens (tertiary/aromatic N) is 1. The van der Waals surface area contributed by atoms with E-state index in [4.69, 9.17) is 16.3 Å². The largest absolute Gasteiger partial charge is 0.488 e. The molecule has 0 aliphatic rings. The highest BCUT2D eigenvalue weighted by Crippen LogP contribution is 2.29. The van der Waals surface area contributed by atoms with Crippen molar-refractivity contribution in [2.45, 2.75) is 13.5 Å². The maximum Gasteiger partial charge on any atom is 0.288 e. The predicted octanol–water partition coefficient (Wildman–Crippen LogP) is 4.71. The first kappa shape index (κ1) is 16.5. The third-order valence-corrected chi connectivity index (χ3v) is 3.76. The van der Waals surface area contributed by atoms with Gasteiger partial charge in [0.1, 0.15) is 17.4 Å². The Bertz CT molecular complexity index is 749. The average Bonchev–Trinajstić information content (AvgIpc) is 2.46. The fraction of sp³-hybridized carbons (Fsp3) is 0.133. The first-order chi connectivity index (χ1) is 10.4. The van der Waals surface area contributed by atoms with Gasteiger partial charge in [0.25, 0.3) is 5.69 Å². The summed E-state index contributed by atoms with van der Waals surface area (Å²) in [6.07, 6.45) is 0.706. The van der Waals surface area contributed by atoms with Crippen molar-refractivity contribution < 1.29 is 14.5 Å². The molecule has 2 aromatic carbocycles. The summed E-state index contributed by atoms with van der Waals surface area (Å²) in [6, 6.07) is 7.93. The molecule has 0 heterocycles. The fourth-order valence-electron chi connectivity index (χ4n) is 1.98. The molecule has 0 bridgehead atoms. The Morgan fingerprint density at radius 1 is 1.36 bits per heavy atom. The molecular formula is C15H11BrClNO4. The summed E-state index contributed by atoms with van der Waals surface area (Å²) < 4.78 is 6.44. The van der Waals surface area contributed by atoms with Crippen molar-refractivity contribution in [1.82, 2.24) is 0 Å². The molecule has 0 amide bonds. The topological polar surface area (TPSA) is 69.4 Å². The number of carbonyl (C=O) groups is 1. The summed E-state index contributed by atoms with van der Waals surface area (Å²) in [5, 5.41) is 10.9. The number of halogens is 2. The highest BCUT2D eigenvalue weighted by atomic mass is 79.9. The molecule has 0 N–H and O–H groups in total. The zero-order valence-electron chi connectivity index (χ0n) is 11.5. The monoisotopic (exact) mass is 383 g/mol. The van der Waals surface area contributed by atoms with Gasteiger partial charge in [0.15, 0.2) is 6.29 Å². The van der Waals surface area contributed by atoms with Crippen LogP contribution in [0.1, 0.15) is 21.5 Å². The van der Waals surface area contributed by atoms with Crippen LogP contribution in [0.2, 0.25) is 5.02 Å². The Hall–Kier alpha value is -1.92. The van der Waals surface area contributed by atoms with Crippen LogP contribution in [-0.4, -0.2) is 11.2 Å². The van der Waals surface area contributed by atoms with E-state index in [9.17, 15) is 14.9 Å². The minimum absolute atomic E-state index is 0.0714. The minimum Gasteiger partial charge on any atom is -0.488 e. The molecule has 7 heteroatoms. The molecule has 0 saturated heterocycles. The van der Waals surface area contributed by atoms with Crippen molar-refractivity contribution in [2.75, 3.05) is 0 Å². The number of rotatable bonds is 5. The van der Waals surface area contributed by atoms with Crippen LogP contribution in [0.5, 0.6) is 5.75 Å². The maximum absolute atomic E-state index is 11.1. The van der Waals surface area contributed by atoms with Crippen LogP contribution < -0.4 is 4.74 Å². The Balaban J connectivity index is 2.26. The second kappa shape index (κ2) is 6.89. The van der Waals surface area contributed by atoms with E-state index in [0.29, 0.717) is 23.2 Å². The van der Waals surface area contributed by atoms with Gasteiger partial charge < -0.3 is 4.74 Å². The molecular weight excluding hydrogens is 374 g/mol. The molecule has 0 spiro atoms. The second-order valence-electron chi connectivity index (χ2n) is 4.59. The molecule has 0 atom stereocenters. The van der Waals surface area contributed by atoms with Crippen LogP contribution in [0.15, 0.2) is 34.8 Å². The van der Waals surface area contributed by atoms with Gasteiger partial charge in [0.05, 0.1) is 10.5 Å². The summed E-state index contributed by atoms with van der Waals surface area (Å²) in [4.78, 5) is 21.4. The summed E-state index contributed by atoms with van der Waals surface area (Å²) >= 11 is 9.08. The number of aldehydes is 1. The number of benzene rings is 2. The molecule has 22 heavy (non-hydrogen) atoms. The first-order valence-corrected chi connectivity index (χ1v) is 7.40. The second-order valence-corrected chi connectivity index (χ2v) is 5.91. The third-order valence-electron chi connectivity index (χ3n) is 2.99. The van der Waals surface area contributed by atoms with Crippen LogP contribution in [0.25, 0.3) is 0 Å². The molecule has 2 aromatic rings. The molecule has 0 aliphatic heterocycles. The standard InChI is InChI=1S/C15H11BrClNO4/c1-9-4-12(16)6-11(7-19)15(9)22-8-10-2-3-13(17)14(5-10)18(20)21/h2-7H,8H2,1H3. The Kier molecular flexibility index (Phi) is 5.15. The van der Waals surface area contributed by atoms with E-state index in [1.807, 2.05) is 13.0 Å². The van der Waals surface area contributed by atoms with Crippen molar-refractivity contribution in [1.29, 1.82) is 0 Å². The molecule has 114 valence electrons. The van der Waals surface area contributed by atoms with Crippen molar-refractivity contribution in [3.05, 3.63) is 66.6 Å². The summed E-state index contributed by atoms with van der Waals surface area (Å²) in [7, 11) is 0. The van der Waals surface area contributed by atoms with Gasteiger partial charge in [-0.05, 0) is 36.2 Å². The smallest absolute Gasteiger partial charge is 0.288 e. The Morgan fingerprint density at radius 2 is 2.09 bits per heavy atom. The molecule has 0 radical (unpaired) electrons. The number of carbonyl (C=O) groups excluding carboxylic acids is 1. The van der Waals surface area contributed by atoms with Crippen molar-refractivity contribution in [3.8, 4) is 5.75 Å². The van der Waals surface area contributed by atoms with E-state index in [1.165, 1.54) is 12.1 Å². The number of hydrogen-bond donors (Lipinski definition) is 0. The highest BCUT2D eigenvalue weighted by Gasteiger charge is 2.14. The Morgan fingerprint density at radius 3 is 2.73 bits per heavy atom. The van der Waals surface area contributed by atoms with Gasteiger partial charge in [-0.3, -0.25) is 14.9 Å². The molecule has 0 aliphatic carbocycles. The van der Waals surface area contributed by atoms with Gasteiger partial charge in [-0.15, -0.1) is 0 Å². The van der Waals surface area contributed by atoms with Crippen molar-refractivity contribution in [3.63, 3.8) is 0 Å². The van der Waals surface area contributed by atoms with Crippen molar-refractivity contribution >= 4 is 39.5 Å². The lowest BCUT2D eigenvalue weighted by Gasteiger charge is -2.12. The van der Waals surface area contributed by atoms with Crippen LogP contribution >= 0.6 is 27.5 Å². The number of nitro groups is 1. The fourth-order valence-corrected chi connectivity index (χ4v) is 2.76. The molecule has 0 fully saturated rings. The van der Waals surface area contributed by atoms with E-state index in [2.05, 4.69) is 15.9 Å². The van der Waals surface area contributed by atoms with Crippen molar-refractivity contribution in [2.24, 2.45) is 0 Å². The van der Waals surface area contributed by atoms with Gasteiger partial charge in [0, 0.05) is 10.5 Å². The zero-order chi connectivity index (χ0) is 16.3. The maximum atomic E-state index is 11.1. The van der Waals surface area contributed by atoms with E-state index in [0.717, 1.165) is 10.0 Å². The summed E-state index contributed by atoms with van der Waals surface area (Å²) in [5.74, 6) is 0.454. The van der Waals surface area contributed by atoms with Gasteiger partial charge in [-0.25, -0.2) is 0 Å². The van der Waals surface area contributed by atoms with Crippen LogP contribution in [-0.2, 0) is 6.61 Å². The van der Waals surface area contributed by atoms with Crippen LogP contribution in [0, 0.1) is 17.0 Å². The average molecular weight is 385 g/mol. The number of nitro benzene ring substituents is 1. The van der Waals surface area contributed by atoms with Crippen LogP contribution in [0.4, 0.5) is 5.69 Å². The lowest BCUT2D eigenvalue weighted by atomic mass is 10.1. The zero-order valence-corrected chi connectivity index (χ0v) is 13.8. The summed E-state index contributed by atoms with van der Waals surface area (Å²) in [5.41, 5.74) is 1.62. The molecule has 0 saturated carbocycles. The Labute approximate surface area is 140 Å². The highest BCUT2D eigenvalue weighted by molar-refractivity contribution is 9.10. The van der Waals surface area contributed by atoms with E-state index in [1.54, 1.807) is 12.1 Å². The lowest BCUT2D eigenvalue weighted by Crippen LogP contribution is -2.01. The van der Waals surface area contributed by atoms with Crippen LogP contribution in [0.3, 0.4) is 0 Å². The van der Waals surface area contributed by atoms with Gasteiger partial charge >= 0.3 is 0 Å². The molecule has 5 nitrogen and oxygen atoms in total. The molecule has 2 rings (SSSR count). The molecule has 0 unspecified atom stereocenters. The number of aryl methyl sites for hydroxylation is 1. The van der Waals surface area contributed by atoms with Gasteiger partial charge in [-0.2, -0.15) is 0 Å². The van der Waals surface area contributed by atoms with E-state index >= 15 is 0 Å². The number of hydrogen-bond acceptors (Lipinski definition) is 4. The third kappa shape index (κ3) is 3.64. The van der Waals surface area contributed by atoms with Gasteiger partial charge in [-0.1, -0.05) is 33.6 Å². The summed E-state index contributed by atoms with van der Waals surface area (Å²) in [6.45, 7) is 1.92. The predicted molar refractivity (Wildman–Crippen MR) is 86.7 cm³/mol. The van der Waals surface area contributed by atoms with E-state index in [-0.39, 0.29) is 17.3 Å². The first-order valence-electron chi connectivity index (χ1n) is 6.23. The van der Waals surface area contributed by atoms with Gasteiger partial charge in [0.2, 0.25) is 0 Å².